The van der Waals surface area contributed by atoms with E-state index >= 15 is 0 Å². The highest BCUT2D eigenvalue weighted by atomic mass is 127. The smallest absolute Gasteiger partial charge is 0.341 e. The van der Waals surface area contributed by atoms with Crippen LogP contribution in [0.15, 0.2) is 35.9 Å². The molecule has 1 heterocycles. The first-order chi connectivity index (χ1) is 15.6. The van der Waals surface area contributed by atoms with Gasteiger partial charge in [0.05, 0.1) is 15.9 Å². The van der Waals surface area contributed by atoms with E-state index in [1.165, 1.54) is 12.1 Å². The lowest BCUT2D eigenvalue weighted by Crippen LogP contribution is -2.54. The van der Waals surface area contributed by atoms with Crippen LogP contribution >= 0.6 is 34.2 Å². The third kappa shape index (κ3) is 5.28. The Balaban J connectivity index is 2.04. The zero-order valence-corrected chi connectivity index (χ0v) is 20.4. The van der Waals surface area contributed by atoms with Gasteiger partial charge in [-0.3, -0.25) is 14.9 Å². The Kier molecular flexibility index (Phi) is 7.59. The number of carboxylic acid groups (broad SMARTS) is 1. The number of benzene rings is 2. The van der Waals surface area contributed by atoms with E-state index in [1.807, 2.05) is 22.6 Å². The largest absolute Gasteiger partial charge is 0.490 e. The number of aliphatic carboxylic acids is 1. The molecule has 2 aromatic carbocycles. The highest BCUT2D eigenvalue weighted by molar-refractivity contribution is 14.1. The van der Waals surface area contributed by atoms with Crippen molar-refractivity contribution in [2.24, 2.45) is 0 Å². The number of amides is 4. The maximum Gasteiger partial charge on any atom is 0.341 e. The zero-order chi connectivity index (χ0) is 24.3. The van der Waals surface area contributed by atoms with Crippen molar-refractivity contribution in [3.63, 3.8) is 0 Å². The summed E-state index contributed by atoms with van der Waals surface area (Å²) in [4.78, 5) is 49.8. The van der Waals surface area contributed by atoms with Gasteiger partial charge in [0.1, 0.15) is 5.57 Å². The Morgan fingerprint density at radius 1 is 1.24 bits per heavy atom. The number of ether oxygens (including phenoxy) is 2. The molecule has 0 aromatic heterocycles. The molecule has 1 fully saturated rings. The van der Waals surface area contributed by atoms with Gasteiger partial charge in [-0.1, -0.05) is 17.7 Å². The standard InChI is InChI=1S/C22H18ClIN2O7/c1-3-32-17-9-12(8-15(24)19(17)33-10-18(27)28)7-13-20(29)25-22(31)26(21(13)30)16-6-4-5-14(23)11(16)2/h4-9H,3,10H2,1-2H3,(H,27,28)(H,25,29,31)/b13-7+. The quantitative estimate of drug-likeness (QED) is 0.289. The van der Waals surface area contributed by atoms with E-state index in [-0.39, 0.29) is 29.4 Å². The number of halogens is 2. The Morgan fingerprint density at radius 2 is 1.97 bits per heavy atom. The minimum atomic E-state index is -1.15. The van der Waals surface area contributed by atoms with E-state index in [9.17, 15) is 19.2 Å². The van der Waals surface area contributed by atoms with Crippen molar-refractivity contribution in [1.82, 2.24) is 5.32 Å². The molecule has 1 aliphatic rings. The number of anilines is 1. The van der Waals surface area contributed by atoms with E-state index in [4.69, 9.17) is 26.2 Å². The normalized spacial score (nSPS) is 15.0. The molecule has 0 saturated carbocycles. The number of hydrogen-bond acceptors (Lipinski definition) is 6. The van der Waals surface area contributed by atoms with Crippen LogP contribution in [-0.2, 0) is 14.4 Å². The lowest BCUT2D eigenvalue weighted by molar-refractivity contribution is -0.139. The van der Waals surface area contributed by atoms with Gasteiger partial charge in [-0.2, -0.15) is 0 Å². The summed E-state index contributed by atoms with van der Waals surface area (Å²) in [6.07, 6.45) is 1.32. The molecule has 3 rings (SSSR count). The van der Waals surface area contributed by atoms with Crippen molar-refractivity contribution >= 4 is 69.8 Å². The van der Waals surface area contributed by atoms with Crippen LogP contribution in [0.3, 0.4) is 0 Å². The number of urea groups is 1. The number of carboxylic acids is 1. The Hall–Kier alpha value is -3.12. The summed E-state index contributed by atoms with van der Waals surface area (Å²) in [6, 6.07) is 7.00. The molecule has 0 aliphatic carbocycles. The van der Waals surface area contributed by atoms with Crippen LogP contribution in [0, 0.1) is 10.5 Å². The second kappa shape index (κ2) is 10.2. The predicted molar refractivity (Wildman–Crippen MR) is 129 cm³/mol. The summed E-state index contributed by atoms with van der Waals surface area (Å²) >= 11 is 8.07. The van der Waals surface area contributed by atoms with Crippen LogP contribution in [0.5, 0.6) is 11.5 Å². The van der Waals surface area contributed by atoms with Gasteiger partial charge in [-0.25, -0.2) is 14.5 Å². The summed E-state index contributed by atoms with van der Waals surface area (Å²) in [5.74, 6) is -2.33. The maximum absolute atomic E-state index is 13.2. The van der Waals surface area contributed by atoms with Crippen LogP contribution in [0.25, 0.3) is 6.08 Å². The minimum absolute atomic E-state index is 0.229. The van der Waals surface area contributed by atoms with Gasteiger partial charge in [0, 0.05) is 5.02 Å². The Morgan fingerprint density at radius 3 is 2.64 bits per heavy atom. The average Bonchev–Trinajstić information content (AvgIpc) is 2.73. The van der Waals surface area contributed by atoms with Gasteiger partial charge in [0.15, 0.2) is 18.1 Å². The number of hydrogen-bond donors (Lipinski definition) is 2. The van der Waals surface area contributed by atoms with E-state index < -0.39 is 30.4 Å². The summed E-state index contributed by atoms with van der Waals surface area (Å²) in [7, 11) is 0. The van der Waals surface area contributed by atoms with Crippen molar-refractivity contribution in [3.8, 4) is 11.5 Å². The number of carbonyl (C=O) groups is 4. The van der Waals surface area contributed by atoms with E-state index in [1.54, 1.807) is 38.1 Å². The topological polar surface area (TPSA) is 122 Å². The van der Waals surface area contributed by atoms with Gasteiger partial charge in [0.2, 0.25) is 0 Å². The fourth-order valence-electron chi connectivity index (χ4n) is 3.09. The number of carbonyl (C=O) groups excluding carboxylic acids is 3. The van der Waals surface area contributed by atoms with Crippen molar-refractivity contribution in [2.75, 3.05) is 18.1 Å². The second-order valence-corrected chi connectivity index (χ2v) is 8.36. The van der Waals surface area contributed by atoms with Gasteiger partial charge in [-0.05, 0) is 77.9 Å². The van der Waals surface area contributed by atoms with Gasteiger partial charge >= 0.3 is 12.0 Å². The molecule has 0 radical (unpaired) electrons. The zero-order valence-electron chi connectivity index (χ0n) is 17.5. The lowest BCUT2D eigenvalue weighted by Gasteiger charge is -2.27. The van der Waals surface area contributed by atoms with Crippen LogP contribution in [-0.4, -0.2) is 42.1 Å². The fourth-order valence-corrected chi connectivity index (χ4v) is 4.04. The number of barbiturate groups is 1. The molecule has 11 heteroatoms. The average molecular weight is 585 g/mol. The molecule has 0 spiro atoms. The molecule has 0 unspecified atom stereocenters. The Labute approximate surface area is 207 Å². The molecule has 0 bridgehead atoms. The number of imide groups is 2. The third-order valence-corrected chi connectivity index (χ3v) is 5.78. The number of nitrogens with one attached hydrogen (secondary N) is 1. The number of nitrogens with zero attached hydrogens (tertiary/aromatic N) is 1. The molecule has 172 valence electrons. The van der Waals surface area contributed by atoms with Gasteiger partial charge in [-0.15, -0.1) is 0 Å². The molecule has 9 nitrogen and oxygen atoms in total. The molecule has 2 N–H and O–H groups in total. The molecular weight excluding hydrogens is 567 g/mol. The van der Waals surface area contributed by atoms with Crippen LogP contribution in [0.1, 0.15) is 18.1 Å². The first-order valence-corrected chi connectivity index (χ1v) is 11.1. The molecule has 1 saturated heterocycles. The second-order valence-electron chi connectivity index (χ2n) is 6.79. The first-order valence-electron chi connectivity index (χ1n) is 9.61. The SMILES string of the molecule is CCOc1cc(/C=C2\C(=O)NC(=O)N(c3cccc(Cl)c3C)C2=O)cc(I)c1OCC(=O)O. The van der Waals surface area contributed by atoms with Crippen LogP contribution in [0.2, 0.25) is 5.02 Å². The highest BCUT2D eigenvalue weighted by Gasteiger charge is 2.37. The van der Waals surface area contributed by atoms with Crippen molar-refractivity contribution in [2.45, 2.75) is 13.8 Å². The molecular formula is C22H18ClIN2O7. The van der Waals surface area contributed by atoms with Crippen molar-refractivity contribution in [1.29, 1.82) is 0 Å². The van der Waals surface area contributed by atoms with E-state index in [0.717, 1.165) is 4.90 Å². The number of rotatable bonds is 7. The van der Waals surface area contributed by atoms with Gasteiger partial charge in [0.25, 0.3) is 11.8 Å². The van der Waals surface area contributed by atoms with E-state index in [0.29, 0.717) is 19.7 Å². The van der Waals surface area contributed by atoms with Crippen LogP contribution < -0.4 is 19.7 Å². The highest BCUT2D eigenvalue weighted by Crippen LogP contribution is 2.35. The summed E-state index contributed by atoms with van der Waals surface area (Å²) in [5.41, 5.74) is 0.905. The summed E-state index contributed by atoms with van der Waals surface area (Å²) in [6.45, 7) is 3.11. The minimum Gasteiger partial charge on any atom is -0.490 e. The monoisotopic (exact) mass is 584 g/mol. The first kappa shape index (κ1) is 24.5. The maximum atomic E-state index is 13.2. The Bertz CT molecular complexity index is 1200. The molecule has 2 aromatic rings. The third-order valence-electron chi connectivity index (χ3n) is 4.56. The molecule has 4 amide bonds. The summed E-state index contributed by atoms with van der Waals surface area (Å²) < 4.78 is 11.4. The molecule has 0 atom stereocenters. The van der Waals surface area contributed by atoms with Crippen molar-refractivity contribution in [3.05, 3.63) is 55.6 Å². The van der Waals surface area contributed by atoms with Crippen LogP contribution in [0.4, 0.5) is 10.5 Å². The van der Waals surface area contributed by atoms with Crippen molar-refractivity contribution < 1.29 is 33.8 Å². The predicted octanol–water partition coefficient (Wildman–Crippen LogP) is 3.78. The van der Waals surface area contributed by atoms with E-state index in [2.05, 4.69) is 5.32 Å². The summed E-state index contributed by atoms with van der Waals surface area (Å²) in [5, 5.41) is 11.4. The fraction of sp³-hybridized carbons (Fsp3) is 0.182. The molecule has 1 aliphatic heterocycles. The molecule has 33 heavy (non-hydrogen) atoms. The lowest BCUT2D eigenvalue weighted by atomic mass is 10.1. The van der Waals surface area contributed by atoms with Gasteiger partial charge < -0.3 is 14.6 Å².